The van der Waals surface area contributed by atoms with Gasteiger partial charge in [0.05, 0.1) is 17.7 Å². The van der Waals surface area contributed by atoms with Gasteiger partial charge in [0.1, 0.15) is 10.5 Å². The Morgan fingerprint density at radius 3 is 2.66 bits per heavy atom. The number of nitrogens with two attached hydrogens (primary N) is 1. The van der Waals surface area contributed by atoms with Crippen LogP contribution in [-0.4, -0.2) is 24.8 Å². The first-order valence-electron chi connectivity index (χ1n) is 9.37. The second-order valence-corrected chi connectivity index (χ2v) is 10.0. The van der Waals surface area contributed by atoms with Crippen molar-refractivity contribution in [3.05, 3.63) is 59.1 Å². The van der Waals surface area contributed by atoms with E-state index in [0.717, 1.165) is 44.8 Å². The number of H-pyrrole nitrogens is 1. The standard InChI is InChI=1S/C21H18N4O2S2/c22-19-18-14(12-5-2-1-3-6-12)9-16(15-10-17(26)24-11-23-15)25-20(18)28-21(19)29(27)13-7-4-8-13/h1-3,5-6,9-11,13,27H,4,7-8,22H2/p+1. The van der Waals surface area contributed by atoms with E-state index in [2.05, 4.69) is 9.97 Å². The second-order valence-electron chi connectivity index (χ2n) is 7.07. The Kier molecular flexibility index (Phi) is 4.61. The molecule has 1 saturated carbocycles. The number of pyridine rings is 1. The van der Waals surface area contributed by atoms with E-state index in [9.17, 15) is 9.35 Å². The van der Waals surface area contributed by atoms with E-state index in [-0.39, 0.29) is 5.56 Å². The highest BCUT2D eigenvalue weighted by Gasteiger charge is 2.41. The molecule has 0 saturated heterocycles. The van der Waals surface area contributed by atoms with Crippen molar-refractivity contribution in [3.63, 3.8) is 0 Å². The lowest BCUT2D eigenvalue weighted by atomic mass is 10.00. The van der Waals surface area contributed by atoms with E-state index in [1.165, 1.54) is 23.7 Å². The van der Waals surface area contributed by atoms with Crippen LogP contribution in [0.25, 0.3) is 32.7 Å². The van der Waals surface area contributed by atoms with Gasteiger partial charge in [-0.15, -0.1) is 0 Å². The summed E-state index contributed by atoms with van der Waals surface area (Å²) < 4.78 is 11.7. The van der Waals surface area contributed by atoms with Gasteiger partial charge in [-0.2, -0.15) is 4.55 Å². The third-order valence-corrected chi connectivity index (χ3v) is 8.61. The molecule has 1 unspecified atom stereocenters. The molecule has 4 aromatic rings. The van der Waals surface area contributed by atoms with Gasteiger partial charge in [-0.05, 0) is 36.5 Å². The average Bonchev–Trinajstić information content (AvgIpc) is 3.03. The topological polar surface area (TPSA) is 105 Å². The minimum absolute atomic E-state index is 0.230. The molecule has 0 amide bonds. The quantitative estimate of drug-likeness (QED) is 0.425. The van der Waals surface area contributed by atoms with E-state index in [4.69, 9.17) is 10.7 Å². The Morgan fingerprint density at radius 2 is 1.97 bits per heavy atom. The van der Waals surface area contributed by atoms with Crippen LogP contribution in [0.15, 0.2) is 57.8 Å². The summed E-state index contributed by atoms with van der Waals surface area (Å²) in [6.07, 6.45) is 4.61. The fourth-order valence-electron chi connectivity index (χ4n) is 3.49. The van der Waals surface area contributed by atoms with Gasteiger partial charge in [0.2, 0.25) is 0 Å². The SMILES string of the molecule is Nc1c([S+](O)C2CCC2)sc2nc(-c3cc(=O)[nH]cn3)cc(-c3ccccc3)c12. The van der Waals surface area contributed by atoms with Gasteiger partial charge in [-0.3, -0.25) is 4.79 Å². The zero-order valence-corrected chi connectivity index (χ0v) is 17.1. The molecule has 3 heterocycles. The number of anilines is 1. The average molecular weight is 424 g/mol. The normalized spacial score (nSPS) is 15.3. The van der Waals surface area contributed by atoms with Crippen molar-refractivity contribution in [1.82, 2.24) is 15.0 Å². The zero-order valence-electron chi connectivity index (χ0n) is 15.5. The molecule has 8 heteroatoms. The first-order valence-corrected chi connectivity index (χ1v) is 11.4. The van der Waals surface area contributed by atoms with Gasteiger partial charge in [0, 0.05) is 11.5 Å². The van der Waals surface area contributed by atoms with Gasteiger partial charge < -0.3 is 10.7 Å². The van der Waals surface area contributed by atoms with Crippen molar-refractivity contribution >= 4 is 38.4 Å². The number of hydrogen-bond acceptors (Lipinski definition) is 6. The maximum Gasteiger partial charge on any atom is 0.269 e. The van der Waals surface area contributed by atoms with Crippen LogP contribution in [0.2, 0.25) is 0 Å². The fraction of sp³-hybridized carbons (Fsp3) is 0.190. The van der Waals surface area contributed by atoms with Crippen LogP contribution in [0.5, 0.6) is 0 Å². The minimum Gasteiger partial charge on any atom is -0.393 e. The number of fused-ring (bicyclic) bond motifs is 1. The van der Waals surface area contributed by atoms with Crippen LogP contribution >= 0.6 is 11.3 Å². The van der Waals surface area contributed by atoms with E-state index in [1.807, 2.05) is 36.4 Å². The largest absolute Gasteiger partial charge is 0.393 e. The van der Waals surface area contributed by atoms with Crippen molar-refractivity contribution < 1.29 is 4.55 Å². The first kappa shape index (κ1) is 18.4. The zero-order chi connectivity index (χ0) is 20.0. The van der Waals surface area contributed by atoms with Crippen LogP contribution in [0.3, 0.4) is 0 Å². The number of nitrogens with zero attached hydrogens (tertiary/aromatic N) is 2. The minimum atomic E-state index is -0.872. The molecule has 1 aromatic carbocycles. The van der Waals surface area contributed by atoms with Crippen molar-refractivity contribution in [2.75, 3.05) is 5.73 Å². The summed E-state index contributed by atoms with van der Waals surface area (Å²) in [5.74, 6) is 0. The fourth-order valence-corrected chi connectivity index (χ4v) is 6.74. The Labute approximate surface area is 174 Å². The van der Waals surface area contributed by atoms with E-state index < -0.39 is 11.2 Å². The Bertz CT molecular complexity index is 1250. The molecular weight excluding hydrogens is 404 g/mol. The maximum absolute atomic E-state index is 11.8. The molecule has 1 aliphatic carbocycles. The van der Waals surface area contributed by atoms with Crippen LogP contribution in [0, 0.1) is 0 Å². The molecule has 5 rings (SSSR count). The molecule has 6 nitrogen and oxygen atoms in total. The highest BCUT2D eigenvalue weighted by molar-refractivity contribution is 7.94. The monoisotopic (exact) mass is 423 g/mol. The summed E-state index contributed by atoms with van der Waals surface area (Å²) in [4.78, 5) is 24.1. The summed E-state index contributed by atoms with van der Waals surface area (Å²) in [6.45, 7) is 0. The smallest absolute Gasteiger partial charge is 0.269 e. The van der Waals surface area contributed by atoms with E-state index in [1.54, 1.807) is 0 Å². The molecule has 1 aliphatic rings. The molecular formula is C21H19N4O2S2+. The number of rotatable bonds is 4. The lowest BCUT2D eigenvalue weighted by Gasteiger charge is -2.19. The van der Waals surface area contributed by atoms with E-state index in [0.29, 0.717) is 22.3 Å². The number of aromatic nitrogens is 3. The van der Waals surface area contributed by atoms with Gasteiger partial charge in [0.25, 0.3) is 9.77 Å². The summed E-state index contributed by atoms with van der Waals surface area (Å²) >= 11 is 0.572. The summed E-state index contributed by atoms with van der Waals surface area (Å²) in [7, 11) is 0. The molecule has 0 spiro atoms. The summed E-state index contributed by atoms with van der Waals surface area (Å²) in [6, 6.07) is 13.3. The van der Waals surface area contributed by atoms with Gasteiger partial charge in [0.15, 0.2) is 16.4 Å². The molecule has 1 atom stereocenters. The predicted octanol–water partition coefficient (Wildman–Crippen LogP) is 4.30. The molecule has 3 aromatic heterocycles. The molecule has 4 N–H and O–H groups in total. The Morgan fingerprint density at radius 1 is 1.17 bits per heavy atom. The van der Waals surface area contributed by atoms with Gasteiger partial charge in [-0.1, -0.05) is 41.7 Å². The number of aromatic amines is 1. The molecule has 29 heavy (non-hydrogen) atoms. The Hall–Kier alpha value is -2.68. The lowest BCUT2D eigenvalue weighted by molar-refractivity contribution is 0.487. The second kappa shape index (κ2) is 7.29. The van der Waals surface area contributed by atoms with E-state index >= 15 is 0 Å². The maximum atomic E-state index is 11.8. The number of thiophene rings is 1. The van der Waals surface area contributed by atoms with Gasteiger partial charge in [-0.25, -0.2) is 9.97 Å². The highest BCUT2D eigenvalue weighted by atomic mass is 32.2. The summed E-state index contributed by atoms with van der Waals surface area (Å²) in [5.41, 5.74) is 9.98. The van der Waals surface area contributed by atoms with Crippen LogP contribution in [0.1, 0.15) is 19.3 Å². The third kappa shape index (κ3) is 3.23. The van der Waals surface area contributed by atoms with Crippen molar-refractivity contribution in [2.45, 2.75) is 28.7 Å². The predicted molar refractivity (Wildman–Crippen MR) is 119 cm³/mol. The third-order valence-electron chi connectivity index (χ3n) is 5.25. The van der Waals surface area contributed by atoms with Crippen molar-refractivity contribution in [3.8, 4) is 22.5 Å². The molecule has 0 aliphatic heterocycles. The molecule has 1 fully saturated rings. The molecule has 0 radical (unpaired) electrons. The number of nitrogen functional groups attached to an aromatic ring is 1. The summed E-state index contributed by atoms with van der Waals surface area (Å²) in [5, 5.41) is 1.15. The first-order chi connectivity index (χ1) is 14.1. The number of hydrogen-bond donors (Lipinski definition) is 3. The van der Waals surface area contributed by atoms with Crippen molar-refractivity contribution in [2.24, 2.45) is 0 Å². The number of nitrogens with one attached hydrogen (secondary N) is 1. The molecule has 146 valence electrons. The van der Waals surface area contributed by atoms with Crippen LogP contribution < -0.4 is 11.3 Å². The molecule has 0 bridgehead atoms. The van der Waals surface area contributed by atoms with Crippen molar-refractivity contribution in [1.29, 1.82) is 0 Å². The number of benzene rings is 1. The van der Waals surface area contributed by atoms with Crippen LogP contribution in [0.4, 0.5) is 5.69 Å². The van der Waals surface area contributed by atoms with Gasteiger partial charge >= 0.3 is 0 Å². The lowest BCUT2D eigenvalue weighted by Crippen LogP contribution is -2.28. The van der Waals surface area contributed by atoms with Crippen LogP contribution in [-0.2, 0) is 11.2 Å². The Balaban J connectivity index is 1.76. The highest BCUT2D eigenvalue weighted by Crippen LogP contribution is 2.45.